The number of likely N-dealkylation sites (N-methyl/N-ethyl adjacent to an activating group) is 1. The summed E-state index contributed by atoms with van der Waals surface area (Å²) in [4.78, 5) is 20.8. The van der Waals surface area contributed by atoms with Crippen LogP contribution in [0.2, 0.25) is 0 Å². The Bertz CT molecular complexity index is 538. The lowest BCUT2D eigenvalue weighted by Crippen LogP contribution is -2.55. The van der Waals surface area contributed by atoms with Gasteiger partial charge in [0.15, 0.2) is 0 Å². The first kappa shape index (κ1) is 17.9. The Balaban J connectivity index is 1.60. The molecule has 0 radical (unpaired) electrons. The van der Waals surface area contributed by atoms with Gasteiger partial charge in [-0.2, -0.15) is 0 Å². The number of amides is 1. The molecule has 4 nitrogen and oxygen atoms in total. The number of piperazine rings is 1. The Morgan fingerprint density at radius 1 is 1.17 bits per heavy atom. The zero-order chi connectivity index (χ0) is 16.9. The lowest BCUT2D eigenvalue weighted by atomic mass is 10.0. The maximum Gasteiger partial charge on any atom is 0.239 e. The average Bonchev–Trinajstić information content (AvgIpc) is 3.23. The van der Waals surface area contributed by atoms with Crippen molar-refractivity contribution in [1.29, 1.82) is 0 Å². The molecular formula is C19H31N3OS. The molecule has 1 aromatic rings. The minimum atomic E-state index is 0.0767. The molecule has 0 N–H and O–H groups in total. The van der Waals surface area contributed by atoms with Crippen molar-refractivity contribution in [3.63, 3.8) is 0 Å². The molecule has 0 bridgehead atoms. The van der Waals surface area contributed by atoms with Crippen LogP contribution in [0.4, 0.5) is 0 Å². The summed E-state index contributed by atoms with van der Waals surface area (Å²) >= 11 is 1.86. The highest BCUT2D eigenvalue weighted by atomic mass is 32.1. The third kappa shape index (κ3) is 4.38. The second-order valence-electron chi connectivity index (χ2n) is 7.29. The van der Waals surface area contributed by atoms with Crippen LogP contribution >= 0.6 is 11.3 Å². The summed E-state index contributed by atoms with van der Waals surface area (Å²) in [5.74, 6) is 0.309. The number of nitrogens with zero attached hydrogens (tertiary/aromatic N) is 3. The van der Waals surface area contributed by atoms with Crippen molar-refractivity contribution in [2.24, 2.45) is 0 Å². The fourth-order valence-corrected chi connectivity index (χ4v) is 4.74. The van der Waals surface area contributed by atoms with E-state index in [1.165, 1.54) is 36.4 Å². The molecule has 0 unspecified atom stereocenters. The summed E-state index contributed by atoms with van der Waals surface area (Å²) in [6, 6.07) is 2.44. The van der Waals surface area contributed by atoms with E-state index in [1.54, 1.807) is 0 Å². The molecule has 3 rings (SSSR count). The molecule has 5 heteroatoms. The van der Waals surface area contributed by atoms with E-state index in [2.05, 4.69) is 28.2 Å². The van der Waals surface area contributed by atoms with Crippen LogP contribution in [0.3, 0.4) is 0 Å². The highest BCUT2D eigenvalue weighted by Crippen LogP contribution is 2.24. The van der Waals surface area contributed by atoms with E-state index < -0.39 is 0 Å². The first-order valence-electron chi connectivity index (χ1n) is 9.45. The second kappa shape index (κ2) is 8.45. The quantitative estimate of drug-likeness (QED) is 0.756. The van der Waals surface area contributed by atoms with Crippen molar-refractivity contribution in [2.45, 2.75) is 58.2 Å². The van der Waals surface area contributed by atoms with Gasteiger partial charge in [-0.15, -0.1) is 11.3 Å². The highest BCUT2D eigenvalue weighted by Gasteiger charge is 2.32. The molecule has 0 aromatic carbocycles. The van der Waals surface area contributed by atoms with Crippen LogP contribution in [0.1, 0.15) is 49.5 Å². The minimum absolute atomic E-state index is 0.0767. The normalized spacial score (nSPS) is 23.3. The van der Waals surface area contributed by atoms with Crippen LogP contribution in [-0.2, 0) is 17.9 Å². The number of unbranched alkanes of at least 4 members (excludes halogenated alkanes) is 1. The van der Waals surface area contributed by atoms with E-state index in [4.69, 9.17) is 0 Å². The Labute approximate surface area is 150 Å². The molecule has 0 saturated carbocycles. The molecule has 2 aliphatic rings. The Hall–Kier alpha value is -0.910. The van der Waals surface area contributed by atoms with Crippen molar-refractivity contribution in [2.75, 3.05) is 33.2 Å². The summed E-state index contributed by atoms with van der Waals surface area (Å²) in [7, 11) is 1.94. The third-order valence-corrected chi connectivity index (χ3v) is 6.30. The Morgan fingerprint density at radius 2 is 1.96 bits per heavy atom. The van der Waals surface area contributed by atoms with Crippen LogP contribution in [0.15, 0.2) is 11.4 Å². The summed E-state index contributed by atoms with van der Waals surface area (Å²) < 4.78 is 0. The van der Waals surface area contributed by atoms with Gasteiger partial charge in [-0.25, -0.2) is 0 Å². The van der Waals surface area contributed by atoms with Gasteiger partial charge in [-0.1, -0.05) is 19.8 Å². The van der Waals surface area contributed by atoms with Crippen LogP contribution in [0.5, 0.6) is 0 Å². The summed E-state index contributed by atoms with van der Waals surface area (Å²) in [6.45, 7) is 8.57. The van der Waals surface area contributed by atoms with E-state index in [0.717, 1.165) is 45.4 Å². The molecule has 2 aliphatic heterocycles. The van der Waals surface area contributed by atoms with E-state index in [1.807, 2.05) is 23.3 Å². The van der Waals surface area contributed by atoms with Crippen LogP contribution in [0, 0.1) is 0 Å². The van der Waals surface area contributed by atoms with Crippen LogP contribution in [0.25, 0.3) is 0 Å². The molecule has 2 saturated heterocycles. The number of thiophene rings is 1. The van der Waals surface area contributed by atoms with Gasteiger partial charge < -0.3 is 4.90 Å². The van der Waals surface area contributed by atoms with Gasteiger partial charge >= 0.3 is 0 Å². The van der Waals surface area contributed by atoms with E-state index >= 15 is 0 Å². The topological polar surface area (TPSA) is 26.8 Å². The number of hydrogen-bond donors (Lipinski definition) is 0. The molecule has 1 aromatic heterocycles. The zero-order valence-electron chi connectivity index (χ0n) is 15.2. The number of carbonyl (C=O) groups excluding carboxylic acids is 1. The smallest absolute Gasteiger partial charge is 0.239 e. The molecule has 0 spiro atoms. The van der Waals surface area contributed by atoms with Crippen LogP contribution in [-0.4, -0.2) is 59.9 Å². The fourth-order valence-electron chi connectivity index (χ4n) is 3.84. The fraction of sp³-hybridized carbons (Fsp3) is 0.737. The number of hydrogen-bond acceptors (Lipinski definition) is 4. The first-order valence-corrected chi connectivity index (χ1v) is 10.3. The summed E-state index contributed by atoms with van der Waals surface area (Å²) in [5.41, 5.74) is 1.45. The van der Waals surface area contributed by atoms with Gasteiger partial charge in [0.1, 0.15) is 0 Å². The zero-order valence-corrected chi connectivity index (χ0v) is 16.0. The van der Waals surface area contributed by atoms with Gasteiger partial charge in [0.25, 0.3) is 0 Å². The summed E-state index contributed by atoms with van der Waals surface area (Å²) in [6.07, 6.45) is 5.97. The Morgan fingerprint density at radius 3 is 2.71 bits per heavy atom. The van der Waals surface area contributed by atoms with Crippen molar-refractivity contribution in [3.8, 4) is 0 Å². The molecule has 134 valence electrons. The number of rotatable bonds is 7. The predicted octanol–water partition coefficient (Wildman–Crippen LogP) is 3.18. The Kier molecular flexibility index (Phi) is 6.31. The summed E-state index contributed by atoms with van der Waals surface area (Å²) in [5, 5.41) is 2.31. The molecule has 0 aliphatic carbocycles. The first-order chi connectivity index (χ1) is 11.7. The van der Waals surface area contributed by atoms with E-state index in [0.29, 0.717) is 5.91 Å². The molecule has 3 heterocycles. The lowest BCUT2D eigenvalue weighted by Gasteiger charge is -2.39. The van der Waals surface area contributed by atoms with E-state index in [9.17, 15) is 4.79 Å². The highest BCUT2D eigenvalue weighted by molar-refractivity contribution is 7.10. The molecule has 1 atom stereocenters. The molecule has 1 amide bonds. The van der Waals surface area contributed by atoms with E-state index in [-0.39, 0.29) is 6.04 Å². The van der Waals surface area contributed by atoms with Gasteiger partial charge in [0.05, 0.1) is 6.04 Å². The maximum atomic E-state index is 12.5. The predicted molar refractivity (Wildman–Crippen MR) is 100 cm³/mol. The molecule has 24 heavy (non-hydrogen) atoms. The number of likely N-dealkylation sites (tertiary alicyclic amines) is 1. The van der Waals surface area contributed by atoms with Crippen molar-refractivity contribution in [3.05, 3.63) is 21.9 Å². The standard InChI is InChI=1S/C19H31N3OS/c1-3-4-7-18-19(23)20(2)10-11-22(18)14-17-12-16(15-24-17)13-21-8-5-6-9-21/h12,15,18H,3-11,13-14H2,1-2H3/t18-/m1/s1. The van der Waals surface area contributed by atoms with Gasteiger partial charge in [-0.3, -0.25) is 14.6 Å². The monoisotopic (exact) mass is 349 g/mol. The minimum Gasteiger partial charge on any atom is -0.343 e. The maximum absolute atomic E-state index is 12.5. The van der Waals surface area contributed by atoms with Crippen molar-refractivity contribution in [1.82, 2.24) is 14.7 Å². The average molecular weight is 350 g/mol. The SMILES string of the molecule is CCCC[C@@H]1C(=O)N(C)CCN1Cc1cc(CN2CCCC2)cs1. The molecule has 2 fully saturated rings. The molecular weight excluding hydrogens is 318 g/mol. The largest absolute Gasteiger partial charge is 0.343 e. The van der Waals surface area contributed by atoms with Gasteiger partial charge in [0.2, 0.25) is 5.91 Å². The van der Waals surface area contributed by atoms with Crippen molar-refractivity contribution < 1.29 is 4.79 Å². The van der Waals surface area contributed by atoms with Crippen molar-refractivity contribution >= 4 is 17.2 Å². The second-order valence-corrected chi connectivity index (χ2v) is 8.29. The van der Waals surface area contributed by atoms with Gasteiger partial charge in [0, 0.05) is 38.1 Å². The lowest BCUT2D eigenvalue weighted by molar-refractivity contribution is -0.140. The number of carbonyl (C=O) groups is 1. The van der Waals surface area contributed by atoms with Gasteiger partial charge in [-0.05, 0) is 49.4 Å². The van der Waals surface area contributed by atoms with Crippen LogP contribution < -0.4 is 0 Å². The third-order valence-electron chi connectivity index (χ3n) is 5.33.